The maximum absolute atomic E-state index is 13.2. The molecule has 2 aliphatic rings. The van der Waals surface area contributed by atoms with Crippen LogP contribution in [0.2, 0.25) is 0 Å². The summed E-state index contributed by atoms with van der Waals surface area (Å²) in [4.78, 5) is 54.5. The number of nitrogens with zero attached hydrogens (tertiary/aromatic N) is 3. The molecule has 4 aromatic carbocycles. The van der Waals surface area contributed by atoms with E-state index < -0.39 is 11.9 Å². The van der Waals surface area contributed by atoms with Gasteiger partial charge in [0.25, 0.3) is 5.91 Å². The number of benzene rings is 4. The zero-order valence-corrected chi connectivity index (χ0v) is 28.1. The number of para-hydroxylation sites is 1. The number of methoxy groups -OCH3 is 1. The Balaban J connectivity index is 0.000000418. The van der Waals surface area contributed by atoms with Crippen LogP contribution in [0.4, 0.5) is 17.1 Å². The second-order valence-electron chi connectivity index (χ2n) is 11.8. The topological polar surface area (TPSA) is 152 Å². The molecule has 2 heterocycles. The largest absolute Gasteiger partial charge is 0.507 e. The van der Waals surface area contributed by atoms with E-state index in [1.165, 1.54) is 19.2 Å². The summed E-state index contributed by atoms with van der Waals surface area (Å²) in [6.07, 6.45) is 0. The van der Waals surface area contributed by atoms with Crippen LogP contribution in [0.25, 0.3) is 11.3 Å². The van der Waals surface area contributed by atoms with E-state index in [9.17, 15) is 19.2 Å². The molecule has 0 bridgehead atoms. The number of anilines is 3. The summed E-state index contributed by atoms with van der Waals surface area (Å²) in [5, 5.41) is 23.6. The van der Waals surface area contributed by atoms with Gasteiger partial charge in [0, 0.05) is 50.2 Å². The number of amides is 2. The molecule has 2 amide bonds. The van der Waals surface area contributed by atoms with Gasteiger partial charge >= 0.3 is 11.9 Å². The Morgan fingerprint density at radius 2 is 1.54 bits per heavy atom. The van der Waals surface area contributed by atoms with E-state index in [1.54, 1.807) is 42.3 Å². The van der Waals surface area contributed by atoms with E-state index in [0.29, 0.717) is 34.6 Å². The quantitative estimate of drug-likeness (QED) is 0.153. The molecule has 50 heavy (non-hydrogen) atoms. The molecule has 0 saturated carbocycles. The standard InChI is InChI=1S/C31H33N5O4.C7H6O3/c1-34-15-17-36(18-16-34)20-27(37)35(2)24-12-10-23(11-13-24)32-29(21-7-5-4-6-8-21)28-25-14-9-22(31(39)40-3)19-26(25)33-30(28)38;8-6-4-2-1-3-5(6)7(9)10/h4-14,19,32H,15-18,20H2,1-3H3,(H,33,38);1-4,8H,(H,9,10)/b29-28-;. The third-order valence-electron chi connectivity index (χ3n) is 8.48. The molecule has 1 saturated heterocycles. The number of carboxylic acids is 1. The summed E-state index contributed by atoms with van der Waals surface area (Å²) in [5.41, 5.74) is 5.03. The summed E-state index contributed by atoms with van der Waals surface area (Å²) in [5.74, 6) is -2.01. The highest BCUT2D eigenvalue weighted by Gasteiger charge is 2.29. The number of ether oxygens (including phenoxy) is 1. The summed E-state index contributed by atoms with van der Waals surface area (Å²) in [7, 11) is 5.21. The van der Waals surface area contributed by atoms with Crippen molar-refractivity contribution in [2.75, 3.05) is 69.5 Å². The molecule has 12 nitrogen and oxygen atoms in total. The van der Waals surface area contributed by atoms with Gasteiger partial charge in [-0.1, -0.05) is 48.5 Å². The molecule has 0 radical (unpaired) electrons. The van der Waals surface area contributed by atoms with Crippen LogP contribution in [-0.2, 0) is 14.3 Å². The van der Waals surface area contributed by atoms with E-state index in [2.05, 4.69) is 27.5 Å². The lowest BCUT2D eigenvalue weighted by molar-refractivity contribution is -0.119. The first-order valence-electron chi connectivity index (χ1n) is 15.9. The highest BCUT2D eigenvalue weighted by Crippen LogP contribution is 2.38. The Morgan fingerprint density at radius 3 is 2.16 bits per heavy atom. The van der Waals surface area contributed by atoms with Gasteiger partial charge in [0.05, 0.1) is 36.2 Å². The third-order valence-corrected chi connectivity index (χ3v) is 8.48. The fourth-order valence-corrected chi connectivity index (χ4v) is 5.56. The van der Waals surface area contributed by atoms with Crippen molar-refractivity contribution >= 4 is 52.1 Å². The molecular weight excluding hydrogens is 638 g/mol. The predicted octanol–water partition coefficient (Wildman–Crippen LogP) is 4.71. The minimum Gasteiger partial charge on any atom is -0.507 e. The maximum Gasteiger partial charge on any atom is 0.339 e. The lowest BCUT2D eigenvalue weighted by atomic mass is 9.99. The van der Waals surface area contributed by atoms with E-state index in [0.717, 1.165) is 43.1 Å². The Bertz CT molecular complexity index is 1900. The number of fused-ring (bicyclic) bond motifs is 1. The van der Waals surface area contributed by atoms with Crippen LogP contribution in [0.1, 0.15) is 31.8 Å². The first-order chi connectivity index (χ1) is 24.0. The number of piperazine rings is 1. The second kappa shape index (κ2) is 15.9. The smallest absolute Gasteiger partial charge is 0.339 e. The summed E-state index contributed by atoms with van der Waals surface area (Å²) in [6, 6.07) is 28.0. The van der Waals surface area contributed by atoms with Gasteiger partial charge in [-0.3, -0.25) is 14.5 Å². The van der Waals surface area contributed by atoms with Gasteiger partial charge in [-0.25, -0.2) is 9.59 Å². The van der Waals surface area contributed by atoms with Crippen LogP contribution in [-0.4, -0.2) is 97.7 Å². The summed E-state index contributed by atoms with van der Waals surface area (Å²) < 4.78 is 4.82. The van der Waals surface area contributed by atoms with Crippen LogP contribution in [0.5, 0.6) is 5.75 Å². The molecule has 0 aromatic heterocycles. The molecule has 2 aliphatic heterocycles. The normalized spacial score (nSPS) is 15.1. The zero-order valence-electron chi connectivity index (χ0n) is 28.1. The molecule has 258 valence electrons. The number of carboxylic acid groups (broad SMARTS) is 1. The average Bonchev–Trinajstić information content (AvgIpc) is 3.46. The van der Waals surface area contributed by atoms with Gasteiger partial charge in [-0.2, -0.15) is 0 Å². The number of aromatic hydroxyl groups is 1. The van der Waals surface area contributed by atoms with Crippen LogP contribution in [0.3, 0.4) is 0 Å². The summed E-state index contributed by atoms with van der Waals surface area (Å²) in [6.45, 7) is 4.09. The van der Waals surface area contributed by atoms with Crippen molar-refractivity contribution in [2.24, 2.45) is 0 Å². The van der Waals surface area contributed by atoms with Crippen LogP contribution < -0.4 is 15.5 Å². The lowest BCUT2D eigenvalue weighted by Gasteiger charge is -2.32. The Morgan fingerprint density at radius 1 is 0.880 bits per heavy atom. The minimum atomic E-state index is -1.11. The van der Waals surface area contributed by atoms with Gasteiger partial charge in [0.2, 0.25) is 5.91 Å². The number of hydrogen-bond acceptors (Lipinski definition) is 9. The highest BCUT2D eigenvalue weighted by molar-refractivity contribution is 6.37. The number of aromatic carboxylic acids is 1. The van der Waals surface area contributed by atoms with Gasteiger partial charge in [-0.15, -0.1) is 0 Å². The van der Waals surface area contributed by atoms with E-state index >= 15 is 0 Å². The maximum atomic E-state index is 13.2. The van der Waals surface area contributed by atoms with Crippen molar-refractivity contribution in [1.82, 2.24) is 9.80 Å². The number of esters is 1. The van der Waals surface area contributed by atoms with E-state index in [1.807, 2.05) is 54.6 Å². The van der Waals surface area contributed by atoms with E-state index in [-0.39, 0.29) is 23.1 Å². The van der Waals surface area contributed by atoms with Crippen LogP contribution in [0.15, 0.2) is 97.1 Å². The molecule has 12 heteroatoms. The molecule has 0 unspecified atom stereocenters. The van der Waals surface area contributed by atoms with Crippen molar-refractivity contribution in [1.29, 1.82) is 0 Å². The molecule has 0 atom stereocenters. The molecule has 0 spiro atoms. The number of likely N-dealkylation sites (N-methyl/N-ethyl adjacent to an activating group) is 2. The highest BCUT2D eigenvalue weighted by atomic mass is 16.5. The first-order valence-corrected chi connectivity index (χ1v) is 15.9. The predicted molar refractivity (Wildman–Crippen MR) is 192 cm³/mol. The van der Waals surface area contributed by atoms with Crippen molar-refractivity contribution in [3.8, 4) is 5.75 Å². The van der Waals surface area contributed by atoms with Gasteiger partial charge < -0.3 is 35.4 Å². The molecule has 0 aliphatic carbocycles. The number of hydrogen-bond donors (Lipinski definition) is 4. The van der Waals surface area contributed by atoms with Crippen molar-refractivity contribution in [3.63, 3.8) is 0 Å². The number of phenols is 1. The van der Waals surface area contributed by atoms with Crippen LogP contribution >= 0.6 is 0 Å². The van der Waals surface area contributed by atoms with E-state index in [4.69, 9.17) is 14.9 Å². The fourth-order valence-electron chi connectivity index (χ4n) is 5.56. The fraction of sp³-hybridized carbons (Fsp3) is 0.211. The number of carbonyl (C=O) groups is 4. The summed E-state index contributed by atoms with van der Waals surface area (Å²) >= 11 is 0. The van der Waals surface area contributed by atoms with Crippen LogP contribution in [0, 0.1) is 0 Å². The average molecular weight is 678 g/mol. The van der Waals surface area contributed by atoms with Gasteiger partial charge in [0.1, 0.15) is 11.3 Å². The first kappa shape index (κ1) is 35.3. The SMILES string of the molecule is COC(=O)c1ccc2c(c1)NC(=O)/C2=C(\Nc1ccc(N(C)C(=O)CN2CCN(C)CC2)cc1)c1ccccc1.O=C(O)c1ccccc1O. The van der Waals surface area contributed by atoms with Crippen molar-refractivity contribution < 1.29 is 34.1 Å². The molecular formula is C38H39N5O7. The molecule has 6 rings (SSSR count). The third kappa shape index (κ3) is 8.35. The molecule has 4 aromatic rings. The Hall–Kier alpha value is -5.98. The van der Waals surface area contributed by atoms with Gasteiger partial charge in [0.15, 0.2) is 0 Å². The van der Waals surface area contributed by atoms with Gasteiger partial charge in [-0.05, 0) is 61.1 Å². The Labute approximate surface area is 290 Å². The lowest BCUT2D eigenvalue weighted by Crippen LogP contribution is -2.48. The second-order valence-corrected chi connectivity index (χ2v) is 11.8. The van der Waals surface area contributed by atoms with Crippen molar-refractivity contribution in [3.05, 3.63) is 119 Å². The number of nitrogens with one attached hydrogen (secondary N) is 2. The monoisotopic (exact) mass is 677 g/mol. The Kier molecular flexibility index (Phi) is 11.3. The molecule has 1 fully saturated rings. The van der Waals surface area contributed by atoms with Crippen molar-refractivity contribution in [2.45, 2.75) is 0 Å². The number of rotatable bonds is 8. The number of carbonyl (C=O) groups excluding carboxylic acids is 3. The zero-order chi connectivity index (χ0) is 35.8. The molecule has 4 N–H and O–H groups in total. The minimum absolute atomic E-state index is 0.0444.